The van der Waals surface area contributed by atoms with E-state index in [2.05, 4.69) is 16.4 Å². The minimum absolute atomic E-state index is 0.204. The summed E-state index contributed by atoms with van der Waals surface area (Å²) in [6, 6.07) is 8.35. The number of aryl methyl sites for hydroxylation is 2. The lowest BCUT2D eigenvalue weighted by Crippen LogP contribution is -2.40. The average molecular weight is 340 g/mol. The van der Waals surface area contributed by atoms with E-state index < -0.39 is 11.6 Å². The highest BCUT2D eigenvalue weighted by Crippen LogP contribution is 2.31. The van der Waals surface area contributed by atoms with Crippen LogP contribution in [0.5, 0.6) is 0 Å². The number of nitrogens with one attached hydrogen (secondary N) is 1. The number of nitrogens with zero attached hydrogens (tertiary/aromatic N) is 3. The van der Waals surface area contributed by atoms with Gasteiger partial charge in [-0.1, -0.05) is 12.1 Å². The molecule has 0 aliphatic carbocycles. The van der Waals surface area contributed by atoms with Gasteiger partial charge in [0, 0.05) is 4.88 Å². The van der Waals surface area contributed by atoms with E-state index in [1.54, 1.807) is 31.2 Å². The number of thiazole rings is 1. The first-order chi connectivity index (χ1) is 11.3. The topological polar surface area (TPSA) is 86.1 Å². The lowest BCUT2D eigenvalue weighted by atomic mass is 9.91. The molecule has 3 rings (SSSR count). The third-order valence-electron chi connectivity index (χ3n) is 4.15. The van der Waals surface area contributed by atoms with Gasteiger partial charge in [0.05, 0.1) is 28.9 Å². The smallest absolute Gasteiger partial charge is 0.319 e. The normalized spacial score (nSPS) is 20.2. The van der Waals surface area contributed by atoms with Gasteiger partial charge in [-0.05, 0) is 38.5 Å². The predicted octanol–water partition coefficient (Wildman–Crippen LogP) is 2.60. The van der Waals surface area contributed by atoms with Crippen molar-refractivity contribution >= 4 is 23.3 Å². The minimum Gasteiger partial charge on any atom is -0.319 e. The van der Waals surface area contributed by atoms with Crippen LogP contribution >= 0.6 is 11.3 Å². The number of imide groups is 1. The number of rotatable bonds is 3. The molecule has 1 saturated heterocycles. The number of urea groups is 1. The van der Waals surface area contributed by atoms with Gasteiger partial charge in [-0.15, -0.1) is 11.3 Å². The molecule has 0 spiro atoms. The lowest BCUT2D eigenvalue weighted by molar-refractivity contribution is -0.131. The molecule has 1 aromatic carbocycles. The maximum atomic E-state index is 12.9. The molecule has 1 fully saturated rings. The molecule has 1 N–H and O–H groups in total. The first kappa shape index (κ1) is 16.1. The highest BCUT2D eigenvalue weighted by molar-refractivity contribution is 7.11. The second-order valence-electron chi connectivity index (χ2n) is 5.88. The van der Waals surface area contributed by atoms with Crippen molar-refractivity contribution < 1.29 is 9.59 Å². The van der Waals surface area contributed by atoms with Crippen LogP contribution in [0.15, 0.2) is 24.3 Å². The quantitative estimate of drug-likeness (QED) is 0.870. The Bertz CT molecular complexity index is 883. The van der Waals surface area contributed by atoms with Crippen LogP contribution in [0, 0.1) is 25.2 Å². The summed E-state index contributed by atoms with van der Waals surface area (Å²) in [6.07, 6.45) is 0. The maximum Gasteiger partial charge on any atom is 0.325 e. The van der Waals surface area contributed by atoms with Crippen LogP contribution in [0.1, 0.15) is 33.6 Å². The number of hydrogen-bond donors (Lipinski definition) is 1. The van der Waals surface area contributed by atoms with E-state index in [4.69, 9.17) is 5.26 Å². The standard InChI is InChI=1S/C17H16N4O2S/c1-10-14(24-11(2)19-10)9-21-15(22)17(3,20-16(21)23)13-6-4-5-12(7-13)8-18/h4-7H,9H2,1-3H3,(H,20,23)/t17-/m0/s1. The molecule has 2 aromatic rings. The number of carbonyl (C=O) groups excluding carboxylic acids is 2. The summed E-state index contributed by atoms with van der Waals surface area (Å²) in [5, 5.41) is 12.7. The molecule has 0 radical (unpaired) electrons. The third-order valence-corrected chi connectivity index (χ3v) is 5.20. The molecular weight excluding hydrogens is 324 g/mol. The van der Waals surface area contributed by atoms with E-state index in [0.29, 0.717) is 11.1 Å². The van der Waals surface area contributed by atoms with Crippen molar-refractivity contribution in [2.24, 2.45) is 0 Å². The van der Waals surface area contributed by atoms with Gasteiger partial charge in [0.15, 0.2) is 0 Å². The highest BCUT2D eigenvalue weighted by atomic mass is 32.1. The zero-order valence-electron chi connectivity index (χ0n) is 13.6. The van der Waals surface area contributed by atoms with Crippen LogP contribution in [-0.2, 0) is 16.9 Å². The second-order valence-corrected chi connectivity index (χ2v) is 7.17. The zero-order valence-corrected chi connectivity index (χ0v) is 14.4. The first-order valence-corrected chi connectivity index (χ1v) is 8.24. The number of carbonyl (C=O) groups is 2. The summed E-state index contributed by atoms with van der Waals surface area (Å²) in [6.45, 7) is 5.63. The predicted molar refractivity (Wildman–Crippen MR) is 89.2 cm³/mol. The average Bonchev–Trinajstić information content (AvgIpc) is 2.99. The van der Waals surface area contributed by atoms with Crippen LogP contribution in [0.2, 0.25) is 0 Å². The molecule has 24 heavy (non-hydrogen) atoms. The molecule has 0 unspecified atom stereocenters. The van der Waals surface area contributed by atoms with Gasteiger partial charge in [-0.2, -0.15) is 5.26 Å². The summed E-state index contributed by atoms with van der Waals surface area (Å²) >= 11 is 1.48. The molecule has 1 aliphatic rings. The van der Waals surface area contributed by atoms with Gasteiger partial charge in [0.25, 0.3) is 5.91 Å². The summed E-state index contributed by atoms with van der Waals surface area (Å²) in [5.41, 5.74) is 0.707. The van der Waals surface area contributed by atoms with Crippen LogP contribution in [0.3, 0.4) is 0 Å². The van der Waals surface area contributed by atoms with Gasteiger partial charge in [0.1, 0.15) is 5.54 Å². The fourth-order valence-electron chi connectivity index (χ4n) is 2.80. The molecule has 3 amide bonds. The minimum atomic E-state index is -1.17. The van der Waals surface area contributed by atoms with E-state index in [-0.39, 0.29) is 12.5 Å². The molecule has 2 heterocycles. The molecule has 1 atom stereocenters. The molecule has 122 valence electrons. The van der Waals surface area contributed by atoms with Gasteiger partial charge < -0.3 is 5.32 Å². The monoisotopic (exact) mass is 340 g/mol. The third kappa shape index (κ3) is 2.55. The Hall–Kier alpha value is -2.72. The summed E-state index contributed by atoms with van der Waals surface area (Å²) in [7, 11) is 0. The summed E-state index contributed by atoms with van der Waals surface area (Å²) in [4.78, 5) is 31.7. The Morgan fingerprint density at radius 1 is 1.38 bits per heavy atom. The maximum absolute atomic E-state index is 12.9. The van der Waals surface area contributed by atoms with E-state index in [9.17, 15) is 9.59 Å². The number of benzene rings is 1. The van der Waals surface area contributed by atoms with Crippen LogP contribution < -0.4 is 5.32 Å². The van der Waals surface area contributed by atoms with Crippen molar-refractivity contribution in [2.45, 2.75) is 32.9 Å². The zero-order chi connectivity index (χ0) is 17.5. The fraction of sp³-hybridized carbons (Fsp3) is 0.294. The lowest BCUT2D eigenvalue weighted by Gasteiger charge is -2.22. The van der Waals surface area contributed by atoms with Crippen LogP contribution in [0.25, 0.3) is 0 Å². The largest absolute Gasteiger partial charge is 0.325 e. The van der Waals surface area contributed by atoms with Crippen molar-refractivity contribution in [3.63, 3.8) is 0 Å². The molecule has 1 aliphatic heterocycles. The Morgan fingerprint density at radius 2 is 2.12 bits per heavy atom. The van der Waals surface area contributed by atoms with E-state index >= 15 is 0 Å². The molecule has 6 nitrogen and oxygen atoms in total. The van der Waals surface area contributed by atoms with Gasteiger partial charge in [-0.3, -0.25) is 9.69 Å². The number of hydrogen-bond acceptors (Lipinski definition) is 5. The molecule has 7 heteroatoms. The fourth-order valence-corrected chi connectivity index (χ4v) is 3.73. The Morgan fingerprint density at radius 3 is 2.75 bits per heavy atom. The molecular formula is C17H16N4O2S. The summed E-state index contributed by atoms with van der Waals surface area (Å²) in [5.74, 6) is -0.326. The Balaban J connectivity index is 1.93. The first-order valence-electron chi connectivity index (χ1n) is 7.43. The van der Waals surface area contributed by atoms with Crippen molar-refractivity contribution in [1.29, 1.82) is 5.26 Å². The molecule has 0 saturated carbocycles. The SMILES string of the molecule is Cc1nc(C)c(CN2C(=O)N[C@@](C)(c3cccc(C#N)c3)C2=O)s1. The number of amides is 3. The van der Waals surface area contributed by atoms with E-state index in [1.807, 2.05) is 13.8 Å². The van der Waals surface area contributed by atoms with E-state index in [0.717, 1.165) is 15.6 Å². The molecule has 0 bridgehead atoms. The molecule has 1 aromatic heterocycles. The van der Waals surface area contributed by atoms with Gasteiger partial charge >= 0.3 is 6.03 Å². The Kier molecular flexibility index (Phi) is 3.85. The van der Waals surface area contributed by atoms with Crippen molar-refractivity contribution in [1.82, 2.24) is 15.2 Å². The van der Waals surface area contributed by atoms with Crippen molar-refractivity contribution in [3.05, 3.63) is 51.0 Å². The highest BCUT2D eigenvalue weighted by Gasteiger charge is 2.49. The van der Waals surface area contributed by atoms with Gasteiger partial charge in [-0.25, -0.2) is 9.78 Å². The van der Waals surface area contributed by atoms with Crippen molar-refractivity contribution in [3.8, 4) is 6.07 Å². The van der Waals surface area contributed by atoms with Crippen molar-refractivity contribution in [2.75, 3.05) is 0 Å². The van der Waals surface area contributed by atoms with Crippen LogP contribution in [-0.4, -0.2) is 21.8 Å². The number of nitriles is 1. The summed E-state index contributed by atoms with van der Waals surface area (Å²) < 4.78 is 0. The number of aromatic nitrogens is 1. The Labute approximate surface area is 143 Å². The van der Waals surface area contributed by atoms with Crippen LogP contribution in [0.4, 0.5) is 4.79 Å². The van der Waals surface area contributed by atoms with E-state index in [1.165, 1.54) is 16.2 Å². The van der Waals surface area contributed by atoms with Gasteiger partial charge in [0.2, 0.25) is 0 Å². The second kappa shape index (κ2) is 5.73.